The van der Waals surface area contributed by atoms with Crippen LogP contribution in [0.2, 0.25) is 0 Å². The number of hydrogen-bond acceptors (Lipinski definition) is 4. The Kier molecular flexibility index (Phi) is 3.84. The Hall–Kier alpha value is -4.06. The van der Waals surface area contributed by atoms with Gasteiger partial charge in [-0.15, -0.1) is 0 Å². The monoisotopic (exact) mass is 384 g/mol. The standard InChI is InChI=1S/C23H13FN2O3/c24-15-12-10-14(11-13-15)21-25-22-19(20(27)17-8-4-5-9-18(17)29-22)23(28)26(21)16-6-2-1-3-7-16/h1-13H. The summed E-state index contributed by atoms with van der Waals surface area (Å²) in [6.07, 6.45) is 0. The molecule has 0 unspecified atom stereocenters. The second-order valence-electron chi connectivity index (χ2n) is 6.53. The molecule has 5 nitrogen and oxygen atoms in total. The molecule has 6 heteroatoms. The van der Waals surface area contributed by atoms with Gasteiger partial charge in [-0.25, -0.2) is 4.39 Å². The van der Waals surface area contributed by atoms with Gasteiger partial charge in [-0.3, -0.25) is 14.2 Å². The minimum Gasteiger partial charge on any atom is -0.437 e. The first-order chi connectivity index (χ1) is 14.1. The van der Waals surface area contributed by atoms with E-state index >= 15 is 0 Å². The van der Waals surface area contributed by atoms with Gasteiger partial charge in [0.25, 0.3) is 5.56 Å². The SMILES string of the molecule is O=c1c2ccccc2oc2nc(-c3ccc(F)cc3)n(-c3ccccc3)c(=O)c12. The van der Waals surface area contributed by atoms with E-state index in [9.17, 15) is 14.0 Å². The fourth-order valence-corrected chi connectivity index (χ4v) is 3.36. The van der Waals surface area contributed by atoms with Crippen LogP contribution < -0.4 is 11.0 Å². The molecule has 29 heavy (non-hydrogen) atoms. The van der Waals surface area contributed by atoms with Gasteiger partial charge < -0.3 is 4.42 Å². The normalized spacial score (nSPS) is 11.2. The molecule has 0 fully saturated rings. The van der Waals surface area contributed by atoms with Gasteiger partial charge in [0.15, 0.2) is 11.2 Å². The summed E-state index contributed by atoms with van der Waals surface area (Å²) in [6.45, 7) is 0. The molecule has 2 heterocycles. The second kappa shape index (κ2) is 6.53. The lowest BCUT2D eigenvalue weighted by molar-refractivity contribution is 0.628. The minimum absolute atomic E-state index is 0.0507. The molecule has 5 aromatic rings. The van der Waals surface area contributed by atoms with Crippen molar-refractivity contribution in [3.63, 3.8) is 0 Å². The molecule has 0 bridgehead atoms. The van der Waals surface area contributed by atoms with Gasteiger partial charge in [0, 0.05) is 5.56 Å². The predicted molar refractivity (Wildman–Crippen MR) is 109 cm³/mol. The van der Waals surface area contributed by atoms with Crippen molar-refractivity contribution >= 4 is 22.1 Å². The molecule has 0 spiro atoms. The maximum atomic E-state index is 13.4. The van der Waals surface area contributed by atoms with Crippen LogP contribution in [0.1, 0.15) is 0 Å². The van der Waals surface area contributed by atoms with Crippen LogP contribution in [-0.2, 0) is 0 Å². The zero-order chi connectivity index (χ0) is 20.0. The Morgan fingerprint density at radius 2 is 1.52 bits per heavy atom. The van der Waals surface area contributed by atoms with E-state index < -0.39 is 16.8 Å². The van der Waals surface area contributed by atoms with Crippen molar-refractivity contribution in [2.75, 3.05) is 0 Å². The molecule has 0 radical (unpaired) electrons. The molecule has 5 rings (SSSR count). The van der Waals surface area contributed by atoms with Crippen LogP contribution in [0.25, 0.3) is 39.1 Å². The summed E-state index contributed by atoms with van der Waals surface area (Å²) in [5.41, 5.74) is 0.378. The number of benzene rings is 3. The number of para-hydroxylation sites is 2. The van der Waals surface area contributed by atoms with Crippen LogP contribution in [0, 0.1) is 5.82 Å². The quantitative estimate of drug-likeness (QED) is 0.426. The van der Waals surface area contributed by atoms with Crippen molar-refractivity contribution in [1.82, 2.24) is 9.55 Å². The average molecular weight is 384 g/mol. The summed E-state index contributed by atoms with van der Waals surface area (Å²) >= 11 is 0. The van der Waals surface area contributed by atoms with Crippen molar-refractivity contribution in [2.45, 2.75) is 0 Å². The van der Waals surface area contributed by atoms with Crippen molar-refractivity contribution in [1.29, 1.82) is 0 Å². The zero-order valence-electron chi connectivity index (χ0n) is 15.0. The lowest BCUT2D eigenvalue weighted by Crippen LogP contribution is -2.26. The summed E-state index contributed by atoms with van der Waals surface area (Å²) in [7, 11) is 0. The van der Waals surface area contributed by atoms with E-state index in [-0.39, 0.29) is 16.9 Å². The van der Waals surface area contributed by atoms with Gasteiger partial charge >= 0.3 is 0 Å². The predicted octanol–water partition coefficient (Wildman–Crippen LogP) is 4.30. The Morgan fingerprint density at radius 3 is 2.28 bits per heavy atom. The largest absolute Gasteiger partial charge is 0.437 e. The van der Waals surface area contributed by atoms with Crippen molar-refractivity contribution in [3.8, 4) is 17.1 Å². The van der Waals surface area contributed by atoms with Crippen LogP contribution in [0.5, 0.6) is 0 Å². The topological polar surface area (TPSA) is 65.1 Å². The first-order valence-corrected chi connectivity index (χ1v) is 8.93. The highest BCUT2D eigenvalue weighted by Gasteiger charge is 2.19. The zero-order valence-corrected chi connectivity index (χ0v) is 15.0. The smallest absolute Gasteiger partial charge is 0.273 e. The fraction of sp³-hybridized carbons (Fsp3) is 0. The van der Waals surface area contributed by atoms with E-state index in [0.717, 1.165) is 0 Å². The number of nitrogens with zero attached hydrogens (tertiary/aromatic N) is 2. The van der Waals surface area contributed by atoms with Gasteiger partial charge in [-0.05, 0) is 48.5 Å². The van der Waals surface area contributed by atoms with E-state index in [1.54, 1.807) is 48.5 Å². The first-order valence-electron chi connectivity index (χ1n) is 8.93. The van der Waals surface area contributed by atoms with E-state index in [4.69, 9.17) is 4.42 Å². The summed E-state index contributed by atoms with van der Waals surface area (Å²) in [6, 6.07) is 21.2. The number of fused-ring (bicyclic) bond motifs is 2. The second-order valence-corrected chi connectivity index (χ2v) is 6.53. The van der Waals surface area contributed by atoms with Crippen molar-refractivity contribution in [2.24, 2.45) is 0 Å². The van der Waals surface area contributed by atoms with E-state index in [2.05, 4.69) is 4.98 Å². The molecule has 2 aromatic heterocycles. The average Bonchev–Trinajstić information content (AvgIpc) is 2.75. The molecule has 0 saturated heterocycles. The molecule has 0 saturated carbocycles. The fourth-order valence-electron chi connectivity index (χ4n) is 3.36. The highest BCUT2D eigenvalue weighted by molar-refractivity contribution is 5.88. The Bertz CT molecular complexity index is 1490. The van der Waals surface area contributed by atoms with Gasteiger partial charge in [0.2, 0.25) is 11.1 Å². The molecule has 0 atom stereocenters. The number of aromatic nitrogens is 2. The van der Waals surface area contributed by atoms with Gasteiger partial charge in [0.1, 0.15) is 11.4 Å². The van der Waals surface area contributed by atoms with Crippen LogP contribution in [-0.4, -0.2) is 9.55 Å². The number of rotatable bonds is 2. The number of hydrogen-bond donors (Lipinski definition) is 0. The summed E-state index contributed by atoms with van der Waals surface area (Å²) in [5.74, 6) is -0.146. The lowest BCUT2D eigenvalue weighted by Gasteiger charge is -2.13. The minimum atomic E-state index is -0.542. The molecule has 0 N–H and O–H groups in total. The van der Waals surface area contributed by atoms with Crippen LogP contribution >= 0.6 is 0 Å². The molecule has 0 amide bonds. The number of halogens is 1. The molecule has 0 aliphatic rings. The summed E-state index contributed by atoms with van der Waals surface area (Å²) in [4.78, 5) is 31.0. The molecular weight excluding hydrogens is 371 g/mol. The van der Waals surface area contributed by atoms with Gasteiger partial charge in [-0.2, -0.15) is 4.98 Å². The third-order valence-corrected chi connectivity index (χ3v) is 4.73. The third-order valence-electron chi connectivity index (χ3n) is 4.73. The Morgan fingerprint density at radius 1 is 0.828 bits per heavy atom. The van der Waals surface area contributed by atoms with Gasteiger partial charge in [0.05, 0.1) is 11.1 Å². The molecule has 0 aliphatic heterocycles. The van der Waals surface area contributed by atoms with Crippen molar-refractivity contribution < 1.29 is 8.81 Å². The Balaban J connectivity index is 1.97. The summed E-state index contributed by atoms with van der Waals surface area (Å²) in [5, 5.41) is 0.187. The Labute approximate surface area is 163 Å². The molecule has 0 aliphatic carbocycles. The van der Waals surface area contributed by atoms with E-state index in [1.165, 1.54) is 28.8 Å². The molecular formula is C23H13FN2O3. The van der Waals surface area contributed by atoms with Crippen LogP contribution in [0.4, 0.5) is 4.39 Å². The maximum Gasteiger partial charge on any atom is 0.273 e. The first kappa shape index (κ1) is 17.1. The van der Waals surface area contributed by atoms with Crippen LogP contribution in [0.15, 0.2) is 92.9 Å². The molecule has 3 aromatic carbocycles. The van der Waals surface area contributed by atoms with Gasteiger partial charge in [-0.1, -0.05) is 30.3 Å². The van der Waals surface area contributed by atoms with E-state index in [0.29, 0.717) is 22.2 Å². The maximum absolute atomic E-state index is 13.4. The van der Waals surface area contributed by atoms with E-state index in [1.807, 2.05) is 6.07 Å². The highest BCUT2D eigenvalue weighted by Crippen LogP contribution is 2.23. The summed E-state index contributed by atoms with van der Waals surface area (Å²) < 4.78 is 20.6. The van der Waals surface area contributed by atoms with Crippen LogP contribution in [0.3, 0.4) is 0 Å². The third kappa shape index (κ3) is 2.73. The lowest BCUT2D eigenvalue weighted by atomic mass is 10.1. The van der Waals surface area contributed by atoms with Crippen molar-refractivity contribution in [3.05, 3.63) is 105 Å². The molecule has 140 valence electrons. The highest BCUT2D eigenvalue weighted by atomic mass is 19.1.